The molecule has 0 saturated carbocycles. The van der Waals surface area contributed by atoms with Crippen LogP contribution in [0, 0.1) is 6.92 Å². The van der Waals surface area contributed by atoms with Gasteiger partial charge in [0.05, 0.1) is 0 Å². The molecule has 31 heavy (non-hydrogen) atoms. The predicted molar refractivity (Wildman–Crippen MR) is 134 cm³/mol. The molecule has 0 fully saturated rings. The van der Waals surface area contributed by atoms with Gasteiger partial charge < -0.3 is 4.90 Å². The molecule has 0 aliphatic rings. The number of benzene rings is 3. The van der Waals surface area contributed by atoms with E-state index in [0.29, 0.717) is 11.1 Å². The smallest absolute Gasteiger partial charge is 0.258 e. The summed E-state index contributed by atoms with van der Waals surface area (Å²) in [6, 6.07) is 26.4. The Morgan fingerprint density at radius 1 is 0.710 bits per heavy atom. The molecule has 0 aliphatic heterocycles. The van der Waals surface area contributed by atoms with Gasteiger partial charge in [0.1, 0.15) is 0 Å². The third-order valence-corrected chi connectivity index (χ3v) is 3.93. The summed E-state index contributed by atoms with van der Waals surface area (Å²) in [6.07, 6.45) is 1.25. The van der Waals surface area contributed by atoms with Crippen LogP contribution in [0.5, 0.6) is 0 Å². The van der Waals surface area contributed by atoms with Gasteiger partial charge in [0, 0.05) is 23.9 Å². The van der Waals surface area contributed by atoms with Crippen molar-refractivity contribution in [1.29, 1.82) is 0 Å². The highest BCUT2D eigenvalue weighted by Gasteiger charge is 2.13. The first-order valence-electron chi connectivity index (χ1n) is 10.9. The standard InChI is InChI=1S/C16H15NO2.C7H8.C3H8.C2H6/c1-12(18)13-8-10-14(11-9-13)16(19)17(2)15-6-4-3-5-7-15;1-7-5-3-2-4-6-7;1-3-2;1-2/h3-11H,1-2H3;2-6H,1H3;3H2,1-2H3;1-2H3. The van der Waals surface area contributed by atoms with Crippen molar-refractivity contribution in [3.8, 4) is 0 Å². The maximum absolute atomic E-state index is 12.3. The molecule has 0 N–H and O–H groups in total. The number of carbonyl (C=O) groups is 2. The summed E-state index contributed by atoms with van der Waals surface area (Å²) in [7, 11) is 1.73. The highest BCUT2D eigenvalue weighted by atomic mass is 16.2. The number of nitrogens with zero attached hydrogens (tertiary/aromatic N) is 1. The Morgan fingerprint density at radius 2 is 1.10 bits per heavy atom. The van der Waals surface area contributed by atoms with E-state index in [4.69, 9.17) is 0 Å². The van der Waals surface area contributed by atoms with Gasteiger partial charge in [0.25, 0.3) is 5.91 Å². The van der Waals surface area contributed by atoms with Crippen LogP contribution < -0.4 is 4.90 Å². The molecule has 0 atom stereocenters. The lowest BCUT2D eigenvalue weighted by Crippen LogP contribution is -2.26. The van der Waals surface area contributed by atoms with Gasteiger partial charge in [-0.3, -0.25) is 9.59 Å². The number of amides is 1. The summed E-state index contributed by atoms with van der Waals surface area (Å²) >= 11 is 0. The predicted octanol–water partition coefficient (Wildman–Crippen LogP) is 7.60. The van der Waals surface area contributed by atoms with Gasteiger partial charge in [-0.15, -0.1) is 0 Å². The maximum Gasteiger partial charge on any atom is 0.258 e. The van der Waals surface area contributed by atoms with Crippen molar-refractivity contribution in [2.45, 2.75) is 48.0 Å². The average molecular weight is 420 g/mol. The van der Waals surface area contributed by atoms with Gasteiger partial charge in [0.15, 0.2) is 5.78 Å². The van der Waals surface area contributed by atoms with Gasteiger partial charge >= 0.3 is 0 Å². The van der Waals surface area contributed by atoms with Crippen molar-refractivity contribution in [3.63, 3.8) is 0 Å². The molecule has 0 saturated heterocycles. The lowest BCUT2D eigenvalue weighted by Gasteiger charge is -2.17. The number of para-hydroxylation sites is 1. The third kappa shape index (κ3) is 10.9. The molecule has 0 aromatic heterocycles. The number of carbonyl (C=O) groups excluding carboxylic acids is 2. The van der Waals surface area contributed by atoms with Crippen LogP contribution in [-0.4, -0.2) is 18.7 Å². The minimum Gasteiger partial charge on any atom is -0.311 e. The fourth-order valence-electron chi connectivity index (χ4n) is 2.34. The SMILES string of the molecule is CC.CC(=O)c1ccc(C(=O)N(C)c2ccccc2)cc1.CCC.Cc1ccccc1. The minimum atomic E-state index is -0.0960. The van der Waals surface area contributed by atoms with E-state index in [1.165, 1.54) is 18.9 Å². The van der Waals surface area contributed by atoms with Crippen LogP contribution in [-0.2, 0) is 0 Å². The Balaban J connectivity index is 0.000000619. The van der Waals surface area contributed by atoms with Gasteiger partial charge in [-0.1, -0.05) is 100 Å². The zero-order valence-electron chi connectivity index (χ0n) is 20.1. The molecule has 0 unspecified atom stereocenters. The third-order valence-electron chi connectivity index (χ3n) is 3.93. The Morgan fingerprint density at radius 3 is 1.45 bits per heavy atom. The number of anilines is 1. The second-order valence-corrected chi connectivity index (χ2v) is 6.70. The van der Waals surface area contributed by atoms with Crippen molar-refractivity contribution >= 4 is 17.4 Å². The Bertz CT molecular complexity index is 857. The van der Waals surface area contributed by atoms with E-state index in [0.717, 1.165) is 5.69 Å². The molecular weight excluding hydrogens is 382 g/mol. The summed E-state index contributed by atoms with van der Waals surface area (Å²) in [6.45, 7) is 11.8. The van der Waals surface area contributed by atoms with Crippen molar-refractivity contribution < 1.29 is 9.59 Å². The number of Topliss-reactive ketones (excluding diaryl/α,β-unsaturated/α-hetero) is 1. The maximum atomic E-state index is 12.3. The van der Waals surface area contributed by atoms with Gasteiger partial charge in [-0.05, 0) is 38.1 Å². The molecule has 0 heterocycles. The molecule has 3 rings (SSSR count). The van der Waals surface area contributed by atoms with Crippen LogP contribution in [0.3, 0.4) is 0 Å². The van der Waals surface area contributed by atoms with E-state index in [-0.39, 0.29) is 11.7 Å². The zero-order chi connectivity index (χ0) is 23.6. The summed E-state index contributed by atoms with van der Waals surface area (Å²) in [5.74, 6) is -0.100. The summed E-state index contributed by atoms with van der Waals surface area (Å²) < 4.78 is 0. The minimum absolute atomic E-state index is 0.00425. The molecule has 3 nitrogen and oxygen atoms in total. The van der Waals surface area contributed by atoms with Crippen molar-refractivity contribution in [2.24, 2.45) is 0 Å². The number of hydrogen-bond donors (Lipinski definition) is 0. The van der Waals surface area contributed by atoms with E-state index >= 15 is 0 Å². The second kappa shape index (κ2) is 16.6. The molecule has 1 amide bonds. The van der Waals surface area contributed by atoms with Crippen molar-refractivity contribution in [3.05, 3.63) is 102 Å². The lowest BCUT2D eigenvalue weighted by atomic mass is 10.1. The molecule has 3 heteroatoms. The van der Waals surface area contributed by atoms with Crippen LogP contribution in [0.15, 0.2) is 84.9 Å². The normalized spacial score (nSPS) is 8.87. The van der Waals surface area contributed by atoms with Crippen molar-refractivity contribution in [1.82, 2.24) is 0 Å². The Hall–Kier alpha value is -3.20. The molecule has 0 radical (unpaired) electrons. The molecule has 0 aliphatic carbocycles. The fraction of sp³-hybridized carbons (Fsp3) is 0.286. The molecule has 3 aromatic rings. The van der Waals surface area contributed by atoms with Gasteiger partial charge in [-0.2, -0.15) is 0 Å². The first kappa shape index (κ1) is 27.8. The van der Waals surface area contributed by atoms with E-state index in [2.05, 4.69) is 32.9 Å². The van der Waals surface area contributed by atoms with Crippen LogP contribution in [0.4, 0.5) is 5.69 Å². The molecule has 0 spiro atoms. The second-order valence-electron chi connectivity index (χ2n) is 6.70. The van der Waals surface area contributed by atoms with E-state index in [1.54, 1.807) is 36.2 Å². The summed E-state index contributed by atoms with van der Waals surface area (Å²) in [5.41, 5.74) is 3.33. The first-order valence-corrected chi connectivity index (χ1v) is 10.9. The van der Waals surface area contributed by atoms with Crippen LogP contribution in [0.25, 0.3) is 0 Å². The molecule has 166 valence electrons. The van der Waals surface area contributed by atoms with Crippen molar-refractivity contribution in [2.75, 3.05) is 11.9 Å². The molecule has 3 aromatic carbocycles. The number of hydrogen-bond acceptors (Lipinski definition) is 2. The van der Waals surface area contributed by atoms with E-state index in [1.807, 2.05) is 62.4 Å². The highest BCUT2D eigenvalue weighted by Crippen LogP contribution is 2.15. The van der Waals surface area contributed by atoms with E-state index in [9.17, 15) is 9.59 Å². The highest BCUT2D eigenvalue weighted by molar-refractivity contribution is 6.06. The lowest BCUT2D eigenvalue weighted by molar-refractivity contribution is 0.0988. The zero-order valence-corrected chi connectivity index (χ0v) is 20.1. The average Bonchev–Trinajstić information content (AvgIpc) is 2.81. The largest absolute Gasteiger partial charge is 0.311 e. The Kier molecular flexibility index (Phi) is 14.9. The van der Waals surface area contributed by atoms with Crippen LogP contribution in [0.1, 0.15) is 67.3 Å². The Labute approximate surface area is 188 Å². The first-order chi connectivity index (χ1) is 14.9. The van der Waals surface area contributed by atoms with Crippen LogP contribution in [0.2, 0.25) is 0 Å². The fourth-order valence-corrected chi connectivity index (χ4v) is 2.34. The molecular formula is C28H37NO2. The topological polar surface area (TPSA) is 37.4 Å². The summed E-state index contributed by atoms with van der Waals surface area (Å²) in [4.78, 5) is 25.0. The van der Waals surface area contributed by atoms with Gasteiger partial charge in [-0.25, -0.2) is 0 Å². The molecule has 0 bridgehead atoms. The number of rotatable bonds is 3. The number of ketones is 1. The van der Waals surface area contributed by atoms with E-state index < -0.39 is 0 Å². The monoisotopic (exact) mass is 419 g/mol. The van der Waals surface area contributed by atoms with Crippen LogP contribution >= 0.6 is 0 Å². The quantitative estimate of drug-likeness (QED) is 0.410. The van der Waals surface area contributed by atoms with Gasteiger partial charge in [0.2, 0.25) is 0 Å². The number of aryl methyl sites for hydroxylation is 1. The summed E-state index contributed by atoms with van der Waals surface area (Å²) in [5, 5.41) is 0.